The summed E-state index contributed by atoms with van der Waals surface area (Å²) in [5, 5.41) is 17.1. The van der Waals surface area contributed by atoms with Gasteiger partial charge in [0.25, 0.3) is 0 Å². The zero-order valence-corrected chi connectivity index (χ0v) is 29.7. The molecule has 0 saturated heterocycles. The van der Waals surface area contributed by atoms with E-state index in [0.29, 0.717) is 6.54 Å². The fraction of sp³-hybridized carbons (Fsp3) is 0.191. The fourth-order valence-corrected chi connectivity index (χ4v) is 8.82. The van der Waals surface area contributed by atoms with E-state index in [2.05, 4.69) is 183 Å². The van der Waals surface area contributed by atoms with Crippen LogP contribution in [-0.2, 0) is 22.0 Å². The molecule has 6 aromatic carbocycles. The van der Waals surface area contributed by atoms with Gasteiger partial charge in [-0.15, -0.1) is 0 Å². The lowest BCUT2D eigenvalue weighted by Gasteiger charge is -2.29. The van der Waals surface area contributed by atoms with E-state index in [4.69, 9.17) is 0 Å². The number of allylic oxidation sites excluding steroid dienone is 6. The largest absolute Gasteiger partial charge is 0.481 e. The van der Waals surface area contributed by atoms with Crippen LogP contribution in [0.1, 0.15) is 43.9 Å². The van der Waals surface area contributed by atoms with Crippen LogP contribution in [0.3, 0.4) is 0 Å². The molecule has 0 aliphatic carbocycles. The molecule has 8 rings (SSSR count). The highest BCUT2D eigenvalue weighted by atomic mass is 16.4. The van der Waals surface area contributed by atoms with Crippen molar-refractivity contribution in [3.63, 3.8) is 0 Å². The van der Waals surface area contributed by atoms with Crippen LogP contribution in [0.15, 0.2) is 151 Å². The van der Waals surface area contributed by atoms with E-state index in [0.717, 1.165) is 17.8 Å². The molecule has 0 amide bonds. The summed E-state index contributed by atoms with van der Waals surface area (Å²) in [6.07, 6.45) is 11.7. The monoisotopic (exact) mass is 667 g/mol. The number of benzene rings is 6. The first-order chi connectivity index (χ1) is 24.7. The second kappa shape index (κ2) is 12.5. The van der Waals surface area contributed by atoms with Crippen LogP contribution in [0.5, 0.6) is 0 Å². The van der Waals surface area contributed by atoms with Gasteiger partial charge in [0.05, 0.1) is 5.41 Å². The van der Waals surface area contributed by atoms with E-state index in [1.165, 1.54) is 60.4 Å². The maximum Gasteiger partial charge on any atom is 0.309 e. The number of nitrogens with zero attached hydrogens (tertiary/aromatic N) is 2. The highest BCUT2D eigenvalue weighted by Gasteiger charge is 2.46. The zero-order valence-electron chi connectivity index (χ0n) is 29.7. The SMILES string of the molecule is CN1/C(=C/C=C/C=C/C2=[N+](CCC(=O)O)c3ccc4ccccc4c3C2(C)C)C(C)(Cc2ccc3ccccc3c2)c2c1ccc1ccccc21. The number of hydrogen-bond acceptors (Lipinski definition) is 2. The average molecular weight is 668 g/mol. The van der Waals surface area contributed by atoms with Gasteiger partial charge in [0, 0.05) is 41.6 Å². The van der Waals surface area contributed by atoms with Gasteiger partial charge in [-0.1, -0.05) is 115 Å². The van der Waals surface area contributed by atoms with Crippen molar-refractivity contribution in [1.82, 2.24) is 0 Å². The van der Waals surface area contributed by atoms with E-state index < -0.39 is 5.97 Å². The van der Waals surface area contributed by atoms with E-state index in [1.807, 2.05) is 0 Å². The van der Waals surface area contributed by atoms with Gasteiger partial charge in [0.1, 0.15) is 6.42 Å². The molecule has 51 heavy (non-hydrogen) atoms. The van der Waals surface area contributed by atoms with Crippen molar-refractivity contribution in [2.75, 3.05) is 18.5 Å². The van der Waals surface area contributed by atoms with E-state index in [-0.39, 0.29) is 17.3 Å². The Bertz CT molecular complexity index is 2500. The molecule has 0 fully saturated rings. The number of fused-ring (bicyclic) bond motifs is 7. The third kappa shape index (κ3) is 5.47. The molecule has 4 heteroatoms. The van der Waals surface area contributed by atoms with E-state index >= 15 is 0 Å². The van der Waals surface area contributed by atoms with Crippen molar-refractivity contribution in [3.8, 4) is 0 Å². The first kappa shape index (κ1) is 32.5. The number of anilines is 1. The summed E-state index contributed by atoms with van der Waals surface area (Å²) < 4.78 is 2.20. The lowest BCUT2D eigenvalue weighted by molar-refractivity contribution is -0.436. The summed E-state index contributed by atoms with van der Waals surface area (Å²) in [7, 11) is 2.19. The van der Waals surface area contributed by atoms with Crippen molar-refractivity contribution in [3.05, 3.63) is 168 Å². The minimum atomic E-state index is -0.793. The normalized spacial score (nSPS) is 19.0. The standard InChI is InChI=1S/C47H42N2O2/c1-46(2)41(49(29-28-43(50)51)40-27-25-34-15-10-12-18-37(34)44(40)46)20-6-5-7-21-42-47(3,31-32-22-23-33-14-8-9-17-36(33)30-32)45-38-19-13-11-16-35(38)24-26-39(45)48(42)4/h5-27,30H,28-29,31H2,1-4H3/p+1. The molecular weight excluding hydrogens is 625 g/mol. The minimum Gasteiger partial charge on any atom is -0.481 e. The maximum atomic E-state index is 11.7. The van der Waals surface area contributed by atoms with Gasteiger partial charge in [0.2, 0.25) is 5.69 Å². The summed E-state index contributed by atoms with van der Waals surface area (Å²) in [5.74, 6) is -0.793. The van der Waals surface area contributed by atoms with Crippen LogP contribution in [-0.4, -0.2) is 35.0 Å². The smallest absolute Gasteiger partial charge is 0.309 e. The molecule has 0 spiro atoms. The Hall–Kier alpha value is -5.74. The van der Waals surface area contributed by atoms with E-state index in [9.17, 15) is 9.90 Å². The molecule has 0 bridgehead atoms. The molecule has 0 aromatic heterocycles. The van der Waals surface area contributed by atoms with Gasteiger partial charge < -0.3 is 10.0 Å². The molecule has 6 aromatic rings. The second-order valence-electron chi connectivity index (χ2n) is 14.7. The Morgan fingerprint density at radius 1 is 0.725 bits per heavy atom. The molecule has 1 atom stereocenters. The lowest BCUT2D eigenvalue weighted by Crippen LogP contribution is -2.29. The number of carboxylic acid groups (broad SMARTS) is 1. The molecule has 2 aliphatic heterocycles. The van der Waals surface area contributed by atoms with Crippen molar-refractivity contribution in [1.29, 1.82) is 0 Å². The molecule has 1 N–H and O–H groups in total. The van der Waals surface area contributed by atoms with Crippen molar-refractivity contribution in [2.45, 2.75) is 44.4 Å². The maximum absolute atomic E-state index is 11.7. The zero-order chi connectivity index (χ0) is 35.3. The summed E-state index contributed by atoms with van der Waals surface area (Å²) in [5.41, 5.74) is 8.06. The number of aliphatic carboxylic acids is 1. The predicted molar refractivity (Wildman–Crippen MR) is 213 cm³/mol. The van der Waals surface area contributed by atoms with Crippen LogP contribution in [0, 0.1) is 0 Å². The number of rotatable bonds is 8. The van der Waals surface area contributed by atoms with Crippen molar-refractivity contribution < 1.29 is 14.5 Å². The molecule has 1 unspecified atom stereocenters. The summed E-state index contributed by atoms with van der Waals surface area (Å²) in [4.78, 5) is 14.1. The topological polar surface area (TPSA) is 43.5 Å². The molecule has 2 aliphatic rings. The third-order valence-electron chi connectivity index (χ3n) is 11.2. The quantitative estimate of drug-likeness (QED) is 0.130. The Morgan fingerprint density at radius 3 is 2.08 bits per heavy atom. The van der Waals surface area contributed by atoms with Crippen LogP contribution in [0.4, 0.5) is 11.4 Å². The second-order valence-corrected chi connectivity index (χ2v) is 14.7. The highest BCUT2D eigenvalue weighted by molar-refractivity contribution is 6.07. The van der Waals surface area contributed by atoms with Gasteiger partial charge in [-0.25, -0.2) is 0 Å². The van der Waals surface area contributed by atoms with Gasteiger partial charge in [-0.3, -0.25) is 4.79 Å². The van der Waals surface area contributed by atoms with Crippen molar-refractivity contribution >= 4 is 55.4 Å². The summed E-state index contributed by atoms with van der Waals surface area (Å²) >= 11 is 0. The molecule has 252 valence electrons. The van der Waals surface area contributed by atoms with Crippen LogP contribution in [0.25, 0.3) is 32.3 Å². The van der Waals surface area contributed by atoms with Gasteiger partial charge in [-0.2, -0.15) is 4.58 Å². The van der Waals surface area contributed by atoms with Crippen LogP contribution >= 0.6 is 0 Å². The van der Waals surface area contributed by atoms with Gasteiger partial charge in [0.15, 0.2) is 12.3 Å². The Kier molecular flexibility index (Phi) is 7.98. The average Bonchev–Trinajstić information content (AvgIpc) is 3.48. The third-order valence-corrected chi connectivity index (χ3v) is 11.2. The Morgan fingerprint density at radius 2 is 1.35 bits per heavy atom. The number of carbonyl (C=O) groups is 1. The fourth-order valence-electron chi connectivity index (χ4n) is 8.82. The molecule has 4 nitrogen and oxygen atoms in total. The molecule has 0 saturated carbocycles. The number of hydrogen-bond donors (Lipinski definition) is 1. The van der Waals surface area contributed by atoms with Crippen LogP contribution < -0.4 is 4.90 Å². The van der Waals surface area contributed by atoms with Crippen LogP contribution in [0.2, 0.25) is 0 Å². The predicted octanol–water partition coefficient (Wildman–Crippen LogP) is 10.6. The van der Waals surface area contributed by atoms with Gasteiger partial charge in [-0.05, 0) is 88.8 Å². The Balaban J connectivity index is 1.17. The highest BCUT2D eigenvalue weighted by Crippen LogP contribution is 2.52. The first-order valence-corrected chi connectivity index (χ1v) is 17.8. The number of carboxylic acids is 1. The molecular formula is C47H43N2O2+. The van der Waals surface area contributed by atoms with Crippen molar-refractivity contribution in [2.24, 2.45) is 0 Å². The Labute approximate surface area is 300 Å². The summed E-state index contributed by atoms with van der Waals surface area (Å²) in [6, 6.07) is 41.5. The van der Waals surface area contributed by atoms with Gasteiger partial charge >= 0.3 is 5.97 Å². The van der Waals surface area contributed by atoms with E-state index in [1.54, 1.807) is 0 Å². The molecule has 2 heterocycles. The number of likely N-dealkylation sites (N-methyl/N-ethyl adjacent to an activating group) is 1. The lowest BCUT2D eigenvalue weighted by atomic mass is 9.74. The first-order valence-electron chi connectivity index (χ1n) is 17.8. The summed E-state index contributed by atoms with van der Waals surface area (Å²) in [6.45, 7) is 7.31. The molecule has 0 radical (unpaired) electrons. The minimum absolute atomic E-state index is 0.0684.